The molecule has 0 bridgehead atoms. The van der Waals surface area contributed by atoms with E-state index in [-0.39, 0.29) is 8.15 Å². The van der Waals surface area contributed by atoms with Crippen LogP contribution in [0.3, 0.4) is 0 Å². The minimum atomic E-state index is -0.000319. The molecule has 0 aromatic rings. The van der Waals surface area contributed by atoms with Crippen LogP contribution in [-0.4, -0.2) is 18.9 Å². The highest BCUT2D eigenvalue weighted by Crippen LogP contribution is 2.57. The van der Waals surface area contributed by atoms with Gasteiger partial charge in [0.2, 0.25) is 0 Å². The summed E-state index contributed by atoms with van der Waals surface area (Å²) in [7, 11) is 1.91. The number of hydrogen-bond acceptors (Lipinski definition) is 1. The Labute approximate surface area is 70.3 Å². The van der Waals surface area contributed by atoms with Gasteiger partial charge in [-0.25, -0.2) is 0 Å². The maximum absolute atomic E-state index is 5.55. The molecule has 0 radical (unpaired) electrons. The first-order chi connectivity index (χ1) is 5.42. The molecular weight excluding hydrogens is 155 g/mol. The largest absolute Gasteiger partial charge is 0.362 e. The van der Waals surface area contributed by atoms with Gasteiger partial charge in [-0.3, -0.25) is 0 Å². The van der Waals surface area contributed by atoms with Gasteiger partial charge in [0.25, 0.3) is 0 Å². The van der Waals surface area contributed by atoms with Crippen molar-refractivity contribution in [1.82, 2.24) is 0 Å². The van der Waals surface area contributed by atoms with Gasteiger partial charge < -0.3 is 4.52 Å². The van der Waals surface area contributed by atoms with Crippen LogP contribution < -0.4 is 0 Å². The zero-order valence-electron chi connectivity index (χ0n) is 7.25. The van der Waals surface area contributed by atoms with Gasteiger partial charge in [-0.05, 0) is 31.3 Å². The lowest BCUT2D eigenvalue weighted by molar-refractivity contribution is 0.363. The second-order valence-corrected chi connectivity index (χ2v) is 6.03. The molecule has 1 heterocycles. The van der Waals surface area contributed by atoms with E-state index < -0.39 is 0 Å². The monoisotopic (exact) mass is 172 g/mol. The van der Waals surface area contributed by atoms with Crippen LogP contribution in [0.4, 0.5) is 0 Å². The van der Waals surface area contributed by atoms with Gasteiger partial charge in [0.1, 0.15) is 0 Å². The molecule has 0 N–H and O–H groups in total. The molecule has 3 atom stereocenters. The minimum Gasteiger partial charge on any atom is -0.362 e. The summed E-state index contributed by atoms with van der Waals surface area (Å²) in [5.74, 6) is 1.05. The molecule has 0 spiro atoms. The molecule has 1 aliphatic heterocycles. The Kier molecular flexibility index (Phi) is 2.48. The first kappa shape index (κ1) is 8.01. The average Bonchev–Trinajstić information content (AvgIpc) is 2.47. The topological polar surface area (TPSA) is 9.23 Å². The molecule has 2 heteroatoms. The number of hydrogen-bond donors (Lipinski definition) is 0. The molecule has 2 aliphatic rings. The summed E-state index contributed by atoms with van der Waals surface area (Å²) < 4.78 is 5.55. The maximum atomic E-state index is 5.55. The zero-order chi connectivity index (χ0) is 7.68. The first-order valence-electron chi connectivity index (χ1n) is 4.72. The Balaban J connectivity index is 1.98. The highest BCUT2D eigenvalue weighted by molar-refractivity contribution is 7.53. The first-order valence-corrected chi connectivity index (χ1v) is 6.24. The van der Waals surface area contributed by atoms with E-state index in [1.54, 1.807) is 0 Å². The van der Waals surface area contributed by atoms with Gasteiger partial charge in [0.05, 0.1) is 0 Å². The Morgan fingerprint density at radius 1 is 1.18 bits per heavy atom. The van der Waals surface area contributed by atoms with Crippen LogP contribution in [0.2, 0.25) is 0 Å². The molecule has 0 amide bonds. The fourth-order valence-electron chi connectivity index (χ4n) is 2.59. The van der Waals surface area contributed by atoms with Crippen LogP contribution in [0.5, 0.6) is 0 Å². The van der Waals surface area contributed by atoms with Crippen LogP contribution in [0, 0.1) is 5.92 Å². The molecule has 1 saturated carbocycles. The van der Waals surface area contributed by atoms with Gasteiger partial charge in [0, 0.05) is 20.9 Å². The smallest absolute Gasteiger partial charge is 0.0398 e. The maximum Gasteiger partial charge on any atom is 0.0398 e. The molecule has 0 aromatic carbocycles. The molecule has 0 aromatic heterocycles. The third kappa shape index (κ3) is 1.46. The summed E-state index contributed by atoms with van der Waals surface area (Å²) in [6.45, 7) is 0. The van der Waals surface area contributed by atoms with Crippen LogP contribution in [0.1, 0.15) is 32.1 Å². The van der Waals surface area contributed by atoms with Crippen molar-refractivity contribution in [3.63, 3.8) is 0 Å². The second kappa shape index (κ2) is 3.41. The lowest BCUT2D eigenvalue weighted by Crippen LogP contribution is -2.17. The van der Waals surface area contributed by atoms with E-state index in [1.807, 2.05) is 7.11 Å². The van der Waals surface area contributed by atoms with Crippen molar-refractivity contribution in [1.29, 1.82) is 0 Å². The van der Waals surface area contributed by atoms with Crippen molar-refractivity contribution in [3.8, 4) is 0 Å². The van der Waals surface area contributed by atoms with Crippen LogP contribution in [0.15, 0.2) is 0 Å². The van der Waals surface area contributed by atoms with Gasteiger partial charge in [0.15, 0.2) is 0 Å². The van der Waals surface area contributed by atoms with Crippen LogP contribution in [0.25, 0.3) is 0 Å². The average molecular weight is 172 g/mol. The van der Waals surface area contributed by atoms with Crippen molar-refractivity contribution in [2.45, 2.75) is 37.8 Å². The molecule has 2 rings (SSSR count). The van der Waals surface area contributed by atoms with Gasteiger partial charge in [-0.15, -0.1) is 0 Å². The van der Waals surface area contributed by atoms with Crippen molar-refractivity contribution < 1.29 is 4.52 Å². The van der Waals surface area contributed by atoms with E-state index >= 15 is 0 Å². The lowest BCUT2D eigenvalue weighted by atomic mass is 9.87. The summed E-state index contributed by atoms with van der Waals surface area (Å²) in [6.07, 6.45) is 8.75. The number of fused-ring (bicyclic) bond motifs is 1. The van der Waals surface area contributed by atoms with Gasteiger partial charge in [-0.1, -0.05) is 12.8 Å². The fraction of sp³-hybridized carbons (Fsp3) is 1.00. The van der Waals surface area contributed by atoms with Crippen molar-refractivity contribution in [3.05, 3.63) is 0 Å². The van der Waals surface area contributed by atoms with Crippen LogP contribution >= 0.6 is 8.15 Å². The lowest BCUT2D eigenvalue weighted by Gasteiger charge is -2.27. The zero-order valence-corrected chi connectivity index (χ0v) is 8.15. The minimum absolute atomic E-state index is 0.000319. The summed E-state index contributed by atoms with van der Waals surface area (Å²) in [5.41, 5.74) is 0.990. The van der Waals surface area contributed by atoms with E-state index in [4.69, 9.17) is 4.52 Å². The van der Waals surface area contributed by atoms with E-state index in [2.05, 4.69) is 0 Å². The Bertz CT molecular complexity index is 132. The predicted octanol–water partition coefficient (Wildman–Crippen LogP) is 2.99. The third-order valence-corrected chi connectivity index (χ3v) is 5.78. The van der Waals surface area contributed by atoms with Crippen molar-refractivity contribution >= 4 is 8.15 Å². The standard InChI is InChI=1S/C9H17OP/c1-10-11-7-6-8-4-2-3-5-9(8)11/h8-9H,2-7H2,1H3. The van der Waals surface area contributed by atoms with Crippen molar-refractivity contribution in [2.75, 3.05) is 13.3 Å². The van der Waals surface area contributed by atoms with E-state index in [0.29, 0.717) is 0 Å². The van der Waals surface area contributed by atoms with E-state index in [0.717, 1.165) is 11.6 Å². The second-order valence-electron chi connectivity index (χ2n) is 3.72. The molecule has 1 nitrogen and oxygen atoms in total. The molecule has 11 heavy (non-hydrogen) atoms. The third-order valence-electron chi connectivity index (χ3n) is 3.19. The molecule has 2 fully saturated rings. The van der Waals surface area contributed by atoms with Crippen LogP contribution in [-0.2, 0) is 4.52 Å². The summed E-state index contributed by atoms with van der Waals surface area (Å²) >= 11 is 0. The van der Waals surface area contributed by atoms with Crippen molar-refractivity contribution in [2.24, 2.45) is 5.92 Å². The molecule has 1 saturated heterocycles. The molecule has 1 aliphatic carbocycles. The summed E-state index contributed by atoms with van der Waals surface area (Å²) in [4.78, 5) is 0. The predicted molar refractivity (Wildman–Crippen MR) is 49.2 cm³/mol. The highest BCUT2D eigenvalue weighted by atomic mass is 31.1. The molecular formula is C9H17OP. The van der Waals surface area contributed by atoms with Gasteiger partial charge >= 0.3 is 0 Å². The summed E-state index contributed by atoms with van der Waals surface area (Å²) in [5, 5.41) is 0. The Morgan fingerprint density at radius 3 is 2.82 bits per heavy atom. The highest BCUT2D eigenvalue weighted by Gasteiger charge is 2.37. The number of rotatable bonds is 1. The molecule has 3 unspecified atom stereocenters. The normalized spacial score (nSPS) is 43.9. The summed E-state index contributed by atoms with van der Waals surface area (Å²) in [6, 6.07) is 0. The molecule has 64 valence electrons. The van der Waals surface area contributed by atoms with E-state index in [9.17, 15) is 0 Å². The SMILES string of the molecule is COP1CCC2CCCCC21. The fourth-order valence-corrected chi connectivity index (χ4v) is 5.20. The Morgan fingerprint density at radius 2 is 2.00 bits per heavy atom. The van der Waals surface area contributed by atoms with Gasteiger partial charge in [-0.2, -0.15) is 0 Å². The quantitative estimate of drug-likeness (QED) is 0.552. The Hall–Kier alpha value is 0.390. The van der Waals surface area contributed by atoms with E-state index in [1.165, 1.54) is 38.3 Å².